The minimum atomic E-state index is -0.528. The fraction of sp³-hybridized carbons (Fsp3) is 0.583. The monoisotopic (exact) mass is 727 g/mol. The Morgan fingerprint density at radius 3 is 2.43 bits per heavy atom. The van der Waals surface area contributed by atoms with Crippen LogP contribution in [0.1, 0.15) is 109 Å². The van der Waals surface area contributed by atoms with Crippen LogP contribution in [0.15, 0.2) is 28.6 Å². The third-order valence-corrected chi connectivity index (χ3v) is 14.0. The number of hydrogen-bond acceptors (Lipinski definition) is 3. The molecule has 1 spiro atoms. The van der Waals surface area contributed by atoms with Crippen molar-refractivity contribution in [1.82, 2.24) is 14.5 Å². The molecular formula is C36H45ClIN4O2-. The second-order valence-electron chi connectivity index (χ2n) is 14.0. The number of aromatic nitrogens is 2. The van der Waals surface area contributed by atoms with E-state index in [0.717, 1.165) is 55.2 Å². The summed E-state index contributed by atoms with van der Waals surface area (Å²) < 4.78 is 5.40. The molecule has 2 aromatic rings. The molecule has 4 heterocycles. The predicted molar refractivity (Wildman–Crippen MR) is 173 cm³/mol. The topological polar surface area (TPSA) is 58.4 Å². The van der Waals surface area contributed by atoms with Crippen molar-refractivity contribution >= 4 is 43.8 Å². The Morgan fingerprint density at radius 1 is 1.05 bits per heavy atom. The van der Waals surface area contributed by atoms with Crippen molar-refractivity contribution in [3.63, 3.8) is 0 Å². The minimum absolute atomic E-state index is 0.104. The van der Waals surface area contributed by atoms with Gasteiger partial charge in [0.05, 0.1) is 0 Å². The molecule has 1 aromatic carbocycles. The maximum absolute atomic E-state index is 14.6. The van der Waals surface area contributed by atoms with Gasteiger partial charge in [-0.05, 0) is 0 Å². The van der Waals surface area contributed by atoms with Crippen LogP contribution in [-0.2, 0) is 15.0 Å². The van der Waals surface area contributed by atoms with Crippen LogP contribution < -0.4 is 36.8 Å². The quantitative estimate of drug-likeness (QED) is 0.456. The van der Waals surface area contributed by atoms with E-state index in [2.05, 4.69) is 51.7 Å². The van der Waals surface area contributed by atoms with Crippen molar-refractivity contribution in [2.75, 3.05) is 18.0 Å². The summed E-state index contributed by atoms with van der Waals surface area (Å²) in [5.41, 5.74) is 4.02. The van der Waals surface area contributed by atoms with Crippen LogP contribution >= 0.6 is 11.6 Å². The summed E-state index contributed by atoms with van der Waals surface area (Å²) in [6, 6.07) is 7.28. The van der Waals surface area contributed by atoms with Gasteiger partial charge in [-0.2, -0.15) is 0 Å². The van der Waals surface area contributed by atoms with Crippen LogP contribution in [0.4, 0.5) is 5.69 Å². The SMILES string of the molecule is CC(=O)N1CCC2(CC1)C(=O)N(C1CC(C3CCCCCCC3)C1)c1cc(C3=C[I-]C(Cl)=c4c(ncn4C(C)C)=C3)ccc12. The molecule has 0 atom stereocenters. The first-order chi connectivity index (χ1) is 21.3. The van der Waals surface area contributed by atoms with Crippen molar-refractivity contribution in [1.29, 1.82) is 0 Å². The van der Waals surface area contributed by atoms with E-state index in [1.165, 1.54) is 50.5 Å². The van der Waals surface area contributed by atoms with Crippen molar-refractivity contribution in [3.05, 3.63) is 50.4 Å². The summed E-state index contributed by atoms with van der Waals surface area (Å²) in [5.74, 6) is 1.93. The van der Waals surface area contributed by atoms with Gasteiger partial charge in [-0.25, -0.2) is 0 Å². The molecule has 6 nitrogen and oxygen atoms in total. The van der Waals surface area contributed by atoms with E-state index >= 15 is 0 Å². The molecule has 2 saturated carbocycles. The van der Waals surface area contributed by atoms with Gasteiger partial charge in [0.15, 0.2) is 0 Å². The number of carbonyl (C=O) groups excluding carboxylic acids is 2. The van der Waals surface area contributed by atoms with E-state index in [0.29, 0.717) is 25.9 Å². The molecule has 1 aromatic heterocycles. The molecule has 7 rings (SSSR count). The Bertz CT molecular complexity index is 1600. The van der Waals surface area contributed by atoms with Gasteiger partial charge < -0.3 is 0 Å². The van der Waals surface area contributed by atoms with Crippen molar-refractivity contribution in [2.45, 2.75) is 109 Å². The van der Waals surface area contributed by atoms with Gasteiger partial charge in [-0.15, -0.1) is 0 Å². The predicted octanol–water partition coefficient (Wildman–Crippen LogP) is 3.06. The standard InChI is InChI=1S/C36H45ClIN4O2/c1-23(2)41-22-39-31-19-28(21-38-34(37)33(31)41)26-11-12-30-32(20-26)42(35(44)36(30)13-15-40(16-14-36)24(3)43)29-17-27(18-29)25-9-7-5-4-6-8-10-25/h11-12,19-23,25,27,29H,4-10,13-18H2,1-3H3/q-1. The summed E-state index contributed by atoms with van der Waals surface area (Å²) in [6.45, 7) is 7.25. The Kier molecular flexibility index (Phi) is 8.49. The normalized spacial score (nSPS) is 25.7. The molecule has 2 amide bonds. The zero-order chi connectivity index (χ0) is 30.6. The summed E-state index contributed by atoms with van der Waals surface area (Å²) in [4.78, 5) is 35.7. The molecular weight excluding hydrogens is 683 g/mol. The van der Waals surface area contributed by atoms with Gasteiger partial charge in [0, 0.05) is 0 Å². The molecule has 3 fully saturated rings. The maximum atomic E-state index is 14.6. The number of rotatable bonds is 4. The van der Waals surface area contributed by atoms with Crippen LogP contribution in [0.2, 0.25) is 0 Å². The fourth-order valence-corrected chi connectivity index (χ4v) is 11.0. The summed E-state index contributed by atoms with van der Waals surface area (Å²) in [7, 11) is 0. The average Bonchev–Trinajstić information content (AvgIpc) is 3.43. The number of amides is 2. The first kappa shape index (κ1) is 30.5. The van der Waals surface area contributed by atoms with E-state index in [4.69, 9.17) is 16.6 Å². The third kappa shape index (κ3) is 5.27. The second-order valence-corrected chi connectivity index (χ2v) is 17.4. The van der Waals surface area contributed by atoms with E-state index in [9.17, 15) is 9.59 Å². The number of hydrogen-bond donors (Lipinski definition) is 0. The molecule has 1 saturated heterocycles. The number of fused-ring (bicyclic) bond motifs is 3. The van der Waals surface area contributed by atoms with Gasteiger partial charge >= 0.3 is 259 Å². The molecule has 8 heteroatoms. The third-order valence-electron chi connectivity index (χ3n) is 11.2. The Labute approximate surface area is 276 Å². The Morgan fingerprint density at radius 2 is 1.75 bits per heavy atom. The number of likely N-dealkylation sites (tertiary alicyclic amines) is 1. The number of allylic oxidation sites excluding steroid dienone is 1. The van der Waals surface area contributed by atoms with Crippen LogP contribution in [-0.4, -0.2) is 45.4 Å². The molecule has 2 aliphatic carbocycles. The fourth-order valence-electron chi connectivity index (χ4n) is 8.55. The van der Waals surface area contributed by atoms with Crippen LogP contribution in [0.5, 0.6) is 0 Å². The number of piperidine rings is 1. The molecule has 0 bridgehead atoms. The Hall–Kier alpha value is -2.13. The van der Waals surface area contributed by atoms with E-state index in [1.807, 2.05) is 11.2 Å². The van der Waals surface area contributed by atoms with Crippen LogP contribution in [0.25, 0.3) is 14.7 Å². The second kappa shape index (κ2) is 12.2. The zero-order valence-electron chi connectivity index (χ0n) is 26.3. The molecule has 0 radical (unpaired) electrons. The van der Waals surface area contributed by atoms with Crippen LogP contribution in [0.3, 0.4) is 0 Å². The van der Waals surface area contributed by atoms with Crippen molar-refractivity contribution in [2.24, 2.45) is 11.8 Å². The van der Waals surface area contributed by atoms with E-state index in [-0.39, 0.29) is 23.9 Å². The van der Waals surface area contributed by atoms with Gasteiger partial charge in [-0.1, -0.05) is 19.3 Å². The summed E-state index contributed by atoms with van der Waals surface area (Å²) in [5, 5.41) is 1.97. The molecule has 44 heavy (non-hydrogen) atoms. The number of carbonyl (C=O) groups is 2. The van der Waals surface area contributed by atoms with Gasteiger partial charge in [-0.3, -0.25) is 0 Å². The molecule has 0 N–H and O–H groups in total. The number of nitrogens with zero attached hydrogens (tertiary/aromatic N) is 4. The van der Waals surface area contributed by atoms with Crippen molar-refractivity contribution < 1.29 is 30.8 Å². The zero-order valence-corrected chi connectivity index (χ0v) is 29.2. The number of anilines is 1. The molecule has 0 unspecified atom stereocenters. The number of halogens is 2. The number of benzene rings is 1. The van der Waals surface area contributed by atoms with Crippen molar-refractivity contribution in [3.8, 4) is 0 Å². The summed E-state index contributed by atoms with van der Waals surface area (Å²) >= 11 is 6.37. The van der Waals surface area contributed by atoms with E-state index < -0.39 is 26.6 Å². The number of imidazole rings is 1. The average molecular weight is 728 g/mol. The molecule has 236 valence electrons. The first-order valence-corrected chi connectivity index (χ1v) is 19.5. The Balaban J connectivity index is 1.23. The van der Waals surface area contributed by atoms with Crippen LogP contribution in [0, 0.1) is 11.8 Å². The molecule has 5 aliphatic rings. The molecule has 3 aliphatic heterocycles. The summed E-state index contributed by atoms with van der Waals surface area (Å²) in [6.07, 6.45) is 17.3. The van der Waals surface area contributed by atoms with Gasteiger partial charge in [0.2, 0.25) is 0 Å². The van der Waals surface area contributed by atoms with Gasteiger partial charge in [0.1, 0.15) is 0 Å². The first-order valence-electron chi connectivity index (χ1n) is 16.8. The van der Waals surface area contributed by atoms with Gasteiger partial charge in [0.25, 0.3) is 0 Å². The van der Waals surface area contributed by atoms with E-state index in [1.54, 1.807) is 6.92 Å².